The van der Waals surface area contributed by atoms with E-state index in [-0.39, 0.29) is 11.6 Å². The summed E-state index contributed by atoms with van der Waals surface area (Å²) < 4.78 is 0. The van der Waals surface area contributed by atoms with E-state index < -0.39 is 0 Å². The molecule has 25 heavy (non-hydrogen) atoms. The number of nitrogens with zero attached hydrogens (tertiary/aromatic N) is 2. The third kappa shape index (κ3) is 5.30. The van der Waals surface area contributed by atoms with Gasteiger partial charge in [-0.3, -0.25) is 4.79 Å². The van der Waals surface area contributed by atoms with Gasteiger partial charge >= 0.3 is 0 Å². The van der Waals surface area contributed by atoms with Crippen molar-refractivity contribution in [2.75, 3.05) is 27.2 Å². The number of rotatable bonds is 7. The third-order valence-electron chi connectivity index (χ3n) is 3.76. The summed E-state index contributed by atoms with van der Waals surface area (Å²) in [5.41, 5.74) is 2.52. The van der Waals surface area contributed by atoms with E-state index in [4.69, 9.17) is 6.57 Å². The summed E-state index contributed by atoms with van der Waals surface area (Å²) in [5, 5.41) is 2.87. The largest absolute Gasteiger partial charge is 0.361 e. The van der Waals surface area contributed by atoms with Gasteiger partial charge in [0.2, 0.25) is 0 Å². The van der Waals surface area contributed by atoms with Gasteiger partial charge in [0, 0.05) is 12.1 Å². The van der Waals surface area contributed by atoms with Gasteiger partial charge in [-0.2, -0.15) is 0 Å². The number of carbonyl (C=O) groups is 1. The predicted octanol–water partition coefficient (Wildman–Crippen LogP) is 3.43. The van der Waals surface area contributed by atoms with Crippen molar-refractivity contribution in [3.63, 3.8) is 0 Å². The fourth-order valence-electron chi connectivity index (χ4n) is 2.55. The van der Waals surface area contributed by atoms with Gasteiger partial charge in [-0.1, -0.05) is 60.7 Å². The molecule has 4 nitrogen and oxygen atoms in total. The summed E-state index contributed by atoms with van der Waals surface area (Å²) in [6.45, 7) is 9.01. The molecule has 0 saturated carbocycles. The van der Waals surface area contributed by atoms with Crippen LogP contribution in [0.3, 0.4) is 0 Å². The molecule has 1 amide bonds. The molecule has 0 atom stereocenters. The number of benzene rings is 2. The average molecular weight is 333 g/mol. The van der Waals surface area contributed by atoms with Gasteiger partial charge in [-0.15, -0.1) is 0 Å². The molecule has 0 radical (unpaired) electrons. The van der Waals surface area contributed by atoms with E-state index in [1.165, 1.54) is 0 Å². The maximum Gasteiger partial charge on any atom is 0.258 e. The van der Waals surface area contributed by atoms with Crippen molar-refractivity contribution >= 4 is 11.5 Å². The Hall–Kier alpha value is -2.90. The number of hydrogen-bond donors (Lipinski definition) is 1. The number of hydrogen-bond acceptors (Lipinski definition) is 2. The van der Waals surface area contributed by atoms with Gasteiger partial charge in [0.25, 0.3) is 11.6 Å². The lowest BCUT2D eigenvalue weighted by Crippen LogP contribution is -2.28. The third-order valence-corrected chi connectivity index (χ3v) is 3.76. The molecule has 0 bridgehead atoms. The molecule has 0 spiro atoms. The molecule has 1 N–H and O–H groups in total. The topological polar surface area (TPSA) is 36.7 Å². The van der Waals surface area contributed by atoms with E-state index in [0.717, 1.165) is 24.1 Å². The zero-order valence-corrected chi connectivity index (χ0v) is 14.7. The molecule has 0 unspecified atom stereocenters. The van der Waals surface area contributed by atoms with E-state index in [9.17, 15) is 4.79 Å². The maximum atomic E-state index is 12.6. The Morgan fingerprint density at radius 2 is 1.52 bits per heavy atom. The van der Waals surface area contributed by atoms with E-state index in [0.29, 0.717) is 12.1 Å². The first-order chi connectivity index (χ1) is 12.1. The highest BCUT2D eigenvalue weighted by Crippen LogP contribution is 2.27. The van der Waals surface area contributed by atoms with E-state index in [1.807, 2.05) is 74.8 Å². The molecule has 0 saturated heterocycles. The van der Waals surface area contributed by atoms with Crippen LogP contribution in [0, 0.1) is 6.57 Å². The van der Waals surface area contributed by atoms with Crippen LogP contribution in [0.15, 0.2) is 66.4 Å². The summed E-state index contributed by atoms with van der Waals surface area (Å²) in [5.74, 6) is -0.323. The molecule has 0 aliphatic heterocycles. The standard InChI is InChI=1S/C21H23N3O/c1-22-20(21(25)23-15-10-16-24(2)3)19(17-11-6-4-7-12-17)18-13-8-5-9-14-18/h4-9,11-14H,10,15-16H2,2-3H3,(H,23,25). The van der Waals surface area contributed by atoms with Gasteiger partial charge in [0.15, 0.2) is 0 Å². The lowest BCUT2D eigenvalue weighted by Gasteiger charge is -2.13. The minimum absolute atomic E-state index is 0.127. The Bertz CT molecular complexity index is 717. The van der Waals surface area contributed by atoms with Crippen molar-refractivity contribution < 1.29 is 4.79 Å². The van der Waals surface area contributed by atoms with Gasteiger partial charge in [0.1, 0.15) is 0 Å². The van der Waals surface area contributed by atoms with E-state index in [1.54, 1.807) is 0 Å². The van der Waals surface area contributed by atoms with Crippen LogP contribution in [-0.4, -0.2) is 38.0 Å². The Morgan fingerprint density at radius 1 is 1.00 bits per heavy atom. The first-order valence-corrected chi connectivity index (χ1v) is 8.29. The highest BCUT2D eigenvalue weighted by Gasteiger charge is 2.18. The average Bonchev–Trinajstić information content (AvgIpc) is 2.64. The van der Waals surface area contributed by atoms with Crippen LogP contribution < -0.4 is 5.32 Å². The summed E-state index contributed by atoms with van der Waals surface area (Å²) in [7, 11) is 3.99. The van der Waals surface area contributed by atoms with Crippen molar-refractivity contribution in [3.8, 4) is 0 Å². The molecule has 0 aliphatic rings. The molecule has 2 aromatic carbocycles. The fourth-order valence-corrected chi connectivity index (χ4v) is 2.55. The number of nitrogens with one attached hydrogen (secondary N) is 1. The predicted molar refractivity (Wildman–Crippen MR) is 102 cm³/mol. The highest BCUT2D eigenvalue weighted by molar-refractivity contribution is 6.06. The maximum absolute atomic E-state index is 12.6. The van der Waals surface area contributed by atoms with Crippen LogP contribution in [0.5, 0.6) is 0 Å². The van der Waals surface area contributed by atoms with Crippen LogP contribution in [-0.2, 0) is 4.79 Å². The fraction of sp³-hybridized carbons (Fsp3) is 0.238. The second kappa shape index (κ2) is 9.41. The Morgan fingerprint density at radius 3 is 1.96 bits per heavy atom. The SMILES string of the molecule is [C-]#[N+]C(C(=O)NCCCN(C)C)=C(c1ccccc1)c1ccccc1. The summed E-state index contributed by atoms with van der Waals surface area (Å²) in [6.07, 6.45) is 0.843. The van der Waals surface area contributed by atoms with Gasteiger partial charge in [-0.05, 0) is 38.2 Å². The first-order valence-electron chi connectivity index (χ1n) is 8.29. The van der Waals surface area contributed by atoms with Crippen molar-refractivity contribution in [1.29, 1.82) is 0 Å². The monoisotopic (exact) mass is 333 g/mol. The van der Waals surface area contributed by atoms with Crippen LogP contribution in [0.4, 0.5) is 0 Å². The van der Waals surface area contributed by atoms with Crippen LogP contribution in [0.25, 0.3) is 10.4 Å². The number of carbonyl (C=O) groups excluding carboxylic acids is 1. The molecule has 0 aromatic heterocycles. The summed E-state index contributed by atoms with van der Waals surface area (Å²) in [6, 6.07) is 19.2. The lowest BCUT2D eigenvalue weighted by atomic mass is 9.95. The van der Waals surface area contributed by atoms with Gasteiger partial charge in [0.05, 0.1) is 6.57 Å². The minimum atomic E-state index is -0.323. The van der Waals surface area contributed by atoms with Crippen molar-refractivity contribution in [2.45, 2.75) is 6.42 Å². The van der Waals surface area contributed by atoms with E-state index in [2.05, 4.69) is 15.1 Å². The van der Waals surface area contributed by atoms with Crippen molar-refractivity contribution in [3.05, 3.63) is 88.9 Å². The second-order valence-corrected chi connectivity index (χ2v) is 5.98. The molecule has 2 aromatic rings. The molecule has 4 heteroatoms. The summed E-state index contributed by atoms with van der Waals surface area (Å²) >= 11 is 0. The van der Waals surface area contributed by atoms with Crippen molar-refractivity contribution in [2.24, 2.45) is 0 Å². The van der Waals surface area contributed by atoms with Crippen LogP contribution >= 0.6 is 0 Å². The zero-order chi connectivity index (χ0) is 18.1. The first kappa shape index (κ1) is 18.4. The smallest absolute Gasteiger partial charge is 0.258 e. The molecular formula is C21H23N3O. The van der Waals surface area contributed by atoms with Gasteiger partial charge in [-0.25, -0.2) is 4.85 Å². The minimum Gasteiger partial charge on any atom is -0.361 e. The quantitative estimate of drug-likeness (QED) is 0.479. The highest BCUT2D eigenvalue weighted by atomic mass is 16.2. The molecule has 0 fully saturated rings. The molecule has 0 aliphatic carbocycles. The number of amides is 1. The van der Waals surface area contributed by atoms with Crippen molar-refractivity contribution in [1.82, 2.24) is 10.2 Å². The normalized spacial score (nSPS) is 10.2. The van der Waals surface area contributed by atoms with Crippen LogP contribution in [0.2, 0.25) is 0 Å². The Labute approximate surface area is 149 Å². The Balaban J connectivity index is 2.35. The molecule has 128 valence electrons. The molecular weight excluding hydrogens is 310 g/mol. The zero-order valence-electron chi connectivity index (χ0n) is 14.7. The molecule has 0 heterocycles. The van der Waals surface area contributed by atoms with E-state index >= 15 is 0 Å². The van der Waals surface area contributed by atoms with Gasteiger partial charge < -0.3 is 10.2 Å². The summed E-state index contributed by atoms with van der Waals surface area (Å²) in [4.78, 5) is 18.2. The second-order valence-electron chi connectivity index (χ2n) is 5.98. The van der Waals surface area contributed by atoms with Crippen LogP contribution in [0.1, 0.15) is 17.5 Å². The Kier molecular flexibility index (Phi) is 6.94. The lowest BCUT2D eigenvalue weighted by molar-refractivity contribution is -0.117. The molecule has 2 rings (SSSR count).